The van der Waals surface area contributed by atoms with Crippen LogP contribution >= 0.6 is 0 Å². The number of hydrogen-bond acceptors (Lipinski definition) is 2. The van der Waals surface area contributed by atoms with Crippen molar-refractivity contribution in [2.75, 3.05) is 6.54 Å². The maximum atomic E-state index is 12.9. The largest absolute Gasteiger partial charge is 0.335 e. The Labute approximate surface area is 127 Å². The van der Waals surface area contributed by atoms with Gasteiger partial charge in [0, 0.05) is 18.6 Å². The summed E-state index contributed by atoms with van der Waals surface area (Å²) in [7, 11) is 0. The number of carbonyl (C=O) groups excluding carboxylic acids is 1. The molecule has 1 aromatic carbocycles. The van der Waals surface area contributed by atoms with Crippen molar-refractivity contribution in [3.05, 3.63) is 35.4 Å². The zero-order chi connectivity index (χ0) is 14.8. The van der Waals surface area contributed by atoms with E-state index in [1.165, 1.54) is 24.0 Å². The Morgan fingerprint density at radius 1 is 1.19 bits per heavy atom. The summed E-state index contributed by atoms with van der Waals surface area (Å²) in [6.07, 6.45) is 4.40. The van der Waals surface area contributed by atoms with Crippen LogP contribution in [0.25, 0.3) is 0 Å². The van der Waals surface area contributed by atoms with Crippen molar-refractivity contribution in [1.82, 2.24) is 10.2 Å². The molecule has 114 valence electrons. The second-order valence-electron chi connectivity index (χ2n) is 6.51. The van der Waals surface area contributed by atoms with E-state index in [9.17, 15) is 4.79 Å². The first-order chi connectivity index (χ1) is 10.2. The molecular weight excluding hydrogens is 260 g/mol. The minimum atomic E-state index is 0.167. The summed E-state index contributed by atoms with van der Waals surface area (Å²) in [5.41, 5.74) is 2.61. The highest BCUT2D eigenvalue weighted by molar-refractivity contribution is 5.80. The van der Waals surface area contributed by atoms with Crippen LogP contribution in [0.3, 0.4) is 0 Å². The Hall–Kier alpha value is -1.35. The minimum Gasteiger partial charge on any atom is -0.335 e. The van der Waals surface area contributed by atoms with Gasteiger partial charge in [-0.15, -0.1) is 0 Å². The Kier molecular flexibility index (Phi) is 4.29. The van der Waals surface area contributed by atoms with Crippen molar-refractivity contribution in [2.45, 2.75) is 58.2 Å². The summed E-state index contributed by atoms with van der Waals surface area (Å²) >= 11 is 0. The number of nitrogens with one attached hydrogen (secondary N) is 1. The van der Waals surface area contributed by atoms with Crippen molar-refractivity contribution in [3.63, 3.8) is 0 Å². The van der Waals surface area contributed by atoms with Gasteiger partial charge in [0.2, 0.25) is 5.91 Å². The Bertz CT molecular complexity index is 492. The first-order valence-corrected chi connectivity index (χ1v) is 8.30. The summed E-state index contributed by atoms with van der Waals surface area (Å²) < 4.78 is 0. The number of carbonyl (C=O) groups is 1. The number of rotatable bonds is 5. The van der Waals surface area contributed by atoms with E-state index in [1.54, 1.807) is 0 Å². The van der Waals surface area contributed by atoms with E-state index in [0.717, 1.165) is 25.9 Å². The smallest absolute Gasteiger partial charge is 0.227 e. The van der Waals surface area contributed by atoms with Crippen LogP contribution in [0.5, 0.6) is 0 Å². The molecule has 2 aliphatic rings. The Morgan fingerprint density at radius 3 is 2.38 bits per heavy atom. The van der Waals surface area contributed by atoms with Crippen molar-refractivity contribution < 1.29 is 4.79 Å². The lowest BCUT2D eigenvalue weighted by Crippen LogP contribution is -2.41. The quantitative estimate of drug-likeness (QED) is 0.902. The molecular formula is C18H26N2O. The van der Waals surface area contributed by atoms with Crippen LogP contribution < -0.4 is 5.32 Å². The van der Waals surface area contributed by atoms with Gasteiger partial charge in [-0.05, 0) is 50.3 Å². The number of benzene rings is 1. The number of amides is 1. The van der Waals surface area contributed by atoms with Crippen LogP contribution in [0.15, 0.2) is 24.3 Å². The van der Waals surface area contributed by atoms with Gasteiger partial charge in [0.1, 0.15) is 0 Å². The molecule has 0 spiro atoms. The van der Waals surface area contributed by atoms with Crippen LogP contribution in [-0.4, -0.2) is 29.4 Å². The zero-order valence-electron chi connectivity index (χ0n) is 13.1. The highest BCUT2D eigenvalue weighted by Gasteiger charge is 2.39. The van der Waals surface area contributed by atoms with Gasteiger partial charge in [-0.25, -0.2) is 0 Å². The molecule has 1 aromatic rings. The van der Waals surface area contributed by atoms with E-state index in [2.05, 4.69) is 48.3 Å². The van der Waals surface area contributed by atoms with Crippen molar-refractivity contribution in [2.24, 2.45) is 5.92 Å². The van der Waals surface area contributed by atoms with E-state index in [-0.39, 0.29) is 5.92 Å². The van der Waals surface area contributed by atoms with Gasteiger partial charge in [0.25, 0.3) is 0 Å². The van der Waals surface area contributed by atoms with E-state index in [1.807, 2.05) is 0 Å². The van der Waals surface area contributed by atoms with E-state index < -0.39 is 0 Å². The predicted octanol–water partition coefficient (Wildman–Crippen LogP) is 2.74. The fraction of sp³-hybridized carbons (Fsp3) is 0.611. The molecule has 1 amide bonds. The summed E-state index contributed by atoms with van der Waals surface area (Å²) in [6.45, 7) is 6.05. The average Bonchev–Trinajstić information content (AvgIpc) is 3.26. The molecule has 1 N–H and O–H groups in total. The summed E-state index contributed by atoms with van der Waals surface area (Å²) in [6, 6.07) is 9.53. The Balaban J connectivity index is 1.70. The molecule has 2 fully saturated rings. The molecule has 3 nitrogen and oxygen atoms in total. The maximum Gasteiger partial charge on any atom is 0.227 e. The van der Waals surface area contributed by atoms with Gasteiger partial charge in [-0.1, -0.05) is 31.2 Å². The SMILES string of the molecule is CCc1ccc(CN(C(=O)C2CCNC2C)C2CC2)cc1. The van der Waals surface area contributed by atoms with Crippen molar-refractivity contribution in [1.29, 1.82) is 0 Å². The molecule has 2 unspecified atom stereocenters. The lowest BCUT2D eigenvalue weighted by atomic mass is 9.99. The van der Waals surface area contributed by atoms with Crippen molar-refractivity contribution >= 4 is 5.91 Å². The Morgan fingerprint density at radius 2 is 1.86 bits per heavy atom. The molecule has 1 heterocycles. The molecule has 21 heavy (non-hydrogen) atoms. The zero-order valence-corrected chi connectivity index (χ0v) is 13.1. The first-order valence-electron chi connectivity index (χ1n) is 8.30. The number of nitrogens with zero attached hydrogens (tertiary/aromatic N) is 1. The highest BCUT2D eigenvalue weighted by atomic mass is 16.2. The normalized spacial score (nSPS) is 25.0. The molecule has 1 aliphatic carbocycles. The standard InChI is InChI=1S/C18H26N2O/c1-3-14-4-6-15(7-5-14)12-20(16-8-9-16)18(21)17-10-11-19-13(17)2/h4-7,13,16-17,19H,3,8-12H2,1-2H3. The van der Waals surface area contributed by atoms with Crippen molar-refractivity contribution in [3.8, 4) is 0 Å². The van der Waals surface area contributed by atoms with E-state index >= 15 is 0 Å². The molecule has 0 aromatic heterocycles. The molecule has 0 bridgehead atoms. The lowest BCUT2D eigenvalue weighted by Gasteiger charge is -2.27. The third-order valence-electron chi connectivity index (χ3n) is 4.90. The molecule has 1 aliphatic heterocycles. The second kappa shape index (κ2) is 6.18. The maximum absolute atomic E-state index is 12.9. The fourth-order valence-corrected chi connectivity index (χ4v) is 3.26. The molecule has 1 saturated carbocycles. The van der Waals surface area contributed by atoms with Crippen LogP contribution in [0.2, 0.25) is 0 Å². The minimum absolute atomic E-state index is 0.167. The monoisotopic (exact) mass is 286 g/mol. The number of aryl methyl sites for hydroxylation is 1. The average molecular weight is 286 g/mol. The molecule has 3 rings (SSSR count). The topological polar surface area (TPSA) is 32.3 Å². The summed E-state index contributed by atoms with van der Waals surface area (Å²) in [5, 5.41) is 3.40. The highest BCUT2D eigenvalue weighted by Crippen LogP contribution is 2.31. The van der Waals surface area contributed by atoms with Gasteiger partial charge < -0.3 is 10.2 Å². The molecule has 2 atom stereocenters. The van der Waals surface area contributed by atoms with Gasteiger partial charge in [-0.3, -0.25) is 4.79 Å². The number of hydrogen-bond donors (Lipinski definition) is 1. The van der Waals surface area contributed by atoms with Crippen LogP contribution in [0, 0.1) is 5.92 Å². The van der Waals surface area contributed by atoms with E-state index in [4.69, 9.17) is 0 Å². The summed E-state index contributed by atoms with van der Waals surface area (Å²) in [5.74, 6) is 0.523. The predicted molar refractivity (Wildman–Crippen MR) is 85.0 cm³/mol. The molecule has 3 heteroatoms. The molecule has 1 saturated heterocycles. The van der Waals surface area contributed by atoms with Crippen LogP contribution in [0.1, 0.15) is 44.2 Å². The lowest BCUT2D eigenvalue weighted by molar-refractivity contribution is -0.137. The first kappa shape index (κ1) is 14.6. The third kappa shape index (κ3) is 3.29. The van der Waals surface area contributed by atoms with Gasteiger partial charge >= 0.3 is 0 Å². The second-order valence-corrected chi connectivity index (χ2v) is 6.51. The fourth-order valence-electron chi connectivity index (χ4n) is 3.26. The third-order valence-corrected chi connectivity index (χ3v) is 4.90. The van der Waals surface area contributed by atoms with Crippen LogP contribution in [-0.2, 0) is 17.8 Å². The van der Waals surface area contributed by atoms with E-state index in [0.29, 0.717) is 18.0 Å². The van der Waals surface area contributed by atoms with Gasteiger partial charge in [-0.2, -0.15) is 0 Å². The van der Waals surface area contributed by atoms with Crippen LogP contribution in [0.4, 0.5) is 0 Å². The summed E-state index contributed by atoms with van der Waals surface area (Å²) in [4.78, 5) is 15.0. The molecule has 0 radical (unpaired) electrons. The van der Waals surface area contributed by atoms with Gasteiger partial charge in [0.05, 0.1) is 5.92 Å². The van der Waals surface area contributed by atoms with Gasteiger partial charge in [0.15, 0.2) is 0 Å².